The zero-order valence-electron chi connectivity index (χ0n) is 12.4. The van der Waals surface area contributed by atoms with E-state index >= 15 is 0 Å². The normalized spacial score (nSPS) is 21.8. The zero-order chi connectivity index (χ0) is 15.7. The Labute approximate surface area is 129 Å². The van der Waals surface area contributed by atoms with Crippen LogP contribution in [0, 0.1) is 5.92 Å². The van der Waals surface area contributed by atoms with Crippen LogP contribution < -0.4 is 5.32 Å². The first kappa shape index (κ1) is 15.0. The Morgan fingerprint density at radius 2 is 2.23 bits per heavy atom. The van der Waals surface area contributed by atoms with Crippen molar-refractivity contribution >= 4 is 26.8 Å². The number of imidazole rings is 1. The highest BCUT2D eigenvalue weighted by atomic mass is 32.2. The molecule has 1 aliphatic rings. The number of amides is 1. The number of nitrogens with zero attached hydrogens (tertiary/aromatic N) is 2. The third kappa shape index (κ3) is 2.99. The summed E-state index contributed by atoms with van der Waals surface area (Å²) >= 11 is 0. The van der Waals surface area contributed by atoms with E-state index in [1.165, 1.54) is 0 Å². The van der Waals surface area contributed by atoms with Crippen molar-refractivity contribution in [2.24, 2.45) is 5.92 Å². The van der Waals surface area contributed by atoms with Crippen molar-refractivity contribution in [3.05, 3.63) is 30.6 Å². The van der Waals surface area contributed by atoms with Gasteiger partial charge < -0.3 is 9.88 Å². The van der Waals surface area contributed by atoms with Gasteiger partial charge in [0.1, 0.15) is 6.04 Å². The van der Waals surface area contributed by atoms with Crippen LogP contribution >= 0.6 is 0 Å². The molecule has 0 radical (unpaired) electrons. The monoisotopic (exact) mass is 321 g/mol. The Bertz CT molecular complexity index is 797. The molecule has 0 bridgehead atoms. The summed E-state index contributed by atoms with van der Waals surface area (Å²) < 4.78 is 24.7. The van der Waals surface area contributed by atoms with Crippen molar-refractivity contribution in [3.8, 4) is 0 Å². The number of para-hydroxylation sites is 2. The standard InChI is InChI=1S/C15H19N3O3S/c1-11(18-10-17-13-4-2-3-5-14(13)18)15(19)16-8-12-6-7-22(20,21)9-12/h2-5,10-12H,6-9H2,1H3,(H,16,19). The third-order valence-electron chi connectivity index (χ3n) is 4.17. The van der Waals surface area contributed by atoms with Crippen LogP contribution in [-0.4, -0.2) is 41.9 Å². The lowest BCUT2D eigenvalue weighted by Crippen LogP contribution is -2.34. The molecule has 0 aliphatic carbocycles. The number of aromatic nitrogens is 2. The number of carbonyl (C=O) groups excluding carboxylic acids is 1. The topological polar surface area (TPSA) is 81.1 Å². The Morgan fingerprint density at radius 1 is 1.45 bits per heavy atom. The molecule has 1 N–H and O–H groups in total. The summed E-state index contributed by atoms with van der Waals surface area (Å²) in [7, 11) is -2.90. The number of hydrogen-bond acceptors (Lipinski definition) is 4. The first-order valence-electron chi connectivity index (χ1n) is 7.36. The molecule has 1 fully saturated rings. The maximum absolute atomic E-state index is 12.3. The lowest BCUT2D eigenvalue weighted by atomic mass is 10.1. The van der Waals surface area contributed by atoms with Gasteiger partial charge in [0.15, 0.2) is 9.84 Å². The molecule has 1 amide bonds. The Hall–Kier alpha value is -1.89. The number of nitrogens with one attached hydrogen (secondary N) is 1. The molecule has 3 rings (SSSR count). The van der Waals surface area contributed by atoms with Crippen LogP contribution in [0.4, 0.5) is 0 Å². The highest BCUT2D eigenvalue weighted by Gasteiger charge is 2.28. The largest absolute Gasteiger partial charge is 0.354 e. The lowest BCUT2D eigenvalue weighted by molar-refractivity contribution is -0.123. The van der Waals surface area contributed by atoms with Crippen LogP contribution in [0.1, 0.15) is 19.4 Å². The highest BCUT2D eigenvalue weighted by molar-refractivity contribution is 7.91. The second-order valence-electron chi connectivity index (χ2n) is 5.83. The van der Waals surface area contributed by atoms with E-state index in [9.17, 15) is 13.2 Å². The number of carbonyl (C=O) groups is 1. The average Bonchev–Trinajstić information content (AvgIpc) is 3.07. The molecule has 1 aromatic heterocycles. The number of benzene rings is 1. The van der Waals surface area contributed by atoms with Gasteiger partial charge >= 0.3 is 0 Å². The summed E-state index contributed by atoms with van der Waals surface area (Å²) in [4.78, 5) is 16.6. The van der Waals surface area contributed by atoms with Gasteiger partial charge in [0.25, 0.3) is 0 Å². The smallest absolute Gasteiger partial charge is 0.242 e. The van der Waals surface area contributed by atoms with E-state index in [2.05, 4.69) is 10.3 Å². The molecular formula is C15H19N3O3S. The van der Waals surface area contributed by atoms with Crippen LogP contribution in [0.3, 0.4) is 0 Å². The molecule has 118 valence electrons. The first-order chi connectivity index (χ1) is 10.5. The number of sulfone groups is 1. The zero-order valence-corrected chi connectivity index (χ0v) is 13.2. The van der Waals surface area contributed by atoms with Crippen LogP contribution in [0.2, 0.25) is 0 Å². The van der Waals surface area contributed by atoms with Crippen LogP contribution in [-0.2, 0) is 14.6 Å². The quantitative estimate of drug-likeness (QED) is 0.916. The number of rotatable bonds is 4. The number of hydrogen-bond donors (Lipinski definition) is 1. The van der Waals surface area contributed by atoms with E-state index in [0.29, 0.717) is 13.0 Å². The predicted molar refractivity (Wildman–Crippen MR) is 84.2 cm³/mol. The molecule has 1 aromatic carbocycles. The maximum atomic E-state index is 12.3. The van der Waals surface area contributed by atoms with E-state index in [1.54, 1.807) is 6.33 Å². The molecule has 0 saturated carbocycles. The fraction of sp³-hybridized carbons (Fsp3) is 0.467. The molecule has 2 aromatic rings. The molecule has 2 unspecified atom stereocenters. The Morgan fingerprint density at radius 3 is 2.95 bits per heavy atom. The SMILES string of the molecule is CC(C(=O)NCC1CCS(=O)(=O)C1)n1cnc2ccccc21. The van der Waals surface area contributed by atoms with Gasteiger partial charge in [0, 0.05) is 6.54 Å². The van der Waals surface area contributed by atoms with Crippen LogP contribution in [0.15, 0.2) is 30.6 Å². The molecule has 2 heterocycles. The highest BCUT2D eigenvalue weighted by Crippen LogP contribution is 2.19. The Balaban J connectivity index is 1.65. The minimum absolute atomic E-state index is 0.0284. The van der Waals surface area contributed by atoms with Crippen molar-refractivity contribution < 1.29 is 13.2 Å². The van der Waals surface area contributed by atoms with Crippen molar-refractivity contribution in [2.75, 3.05) is 18.1 Å². The van der Waals surface area contributed by atoms with Crippen molar-refractivity contribution in [3.63, 3.8) is 0 Å². The molecule has 1 aliphatic heterocycles. The fourth-order valence-electron chi connectivity index (χ4n) is 2.84. The summed E-state index contributed by atoms with van der Waals surface area (Å²) in [5, 5.41) is 2.86. The van der Waals surface area contributed by atoms with Crippen molar-refractivity contribution in [1.82, 2.24) is 14.9 Å². The van der Waals surface area contributed by atoms with Gasteiger partial charge in [0.2, 0.25) is 5.91 Å². The van der Waals surface area contributed by atoms with Gasteiger partial charge in [-0.1, -0.05) is 12.1 Å². The second-order valence-corrected chi connectivity index (χ2v) is 8.06. The van der Waals surface area contributed by atoms with Gasteiger partial charge in [-0.3, -0.25) is 4.79 Å². The molecule has 22 heavy (non-hydrogen) atoms. The molecular weight excluding hydrogens is 302 g/mol. The number of fused-ring (bicyclic) bond motifs is 1. The Kier molecular flexibility index (Phi) is 3.90. The maximum Gasteiger partial charge on any atom is 0.242 e. The van der Waals surface area contributed by atoms with E-state index in [0.717, 1.165) is 11.0 Å². The summed E-state index contributed by atoms with van der Waals surface area (Å²) in [6.07, 6.45) is 2.29. The summed E-state index contributed by atoms with van der Waals surface area (Å²) in [6.45, 7) is 2.23. The molecule has 6 nitrogen and oxygen atoms in total. The fourth-order valence-corrected chi connectivity index (χ4v) is 4.70. The molecule has 0 spiro atoms. The van der Waals surface area contributed by atoms with Gasteiger partial charge in [0.05, 0.1) is 28.9 Å². The van der Waals surface area contributed by atoms with E-state index < -0.39 is 9.84 Å². The minimum Gasteiger partial charge on any atom is -0.354 e. The predicted octanol–water partition coefficient (Wildman–Crippen LogP) is 1.15. The third-order valence-corrected chi connectivity index (χ3v) is 6.01. The van der Waals surface area contributed by atoms with Gasteiger partial charge in [-0.25, -0.2) is 13.4 Å². The van der Waals surface area contributed by atoms with E-state index in [4.69, 9.17) is 0 Å². The summed E-state index contributed by atoms with van der Waals surface area (Å²) in [5.41, 5.74) is 1.76. The van der Waals surface area contributed by atoms with Gasteiger partial charge in [-0.05, 0) is 31.4 Å². The lowest BCUT2D eigenvalue weighted by Gasteiger charge is -2.16. The average molecular weight is 321 g/mol. The van der Waals surface area contributed by atoms with E-state index in [-0.39, 0.29) is 29.4 Å². The van der Waals surface area contributed by atoms with Gasteiger partial charge in [-0.15, -0.1) is 0 Å². The van der Waals surface area contributed by atoms with Crippen molar-refractivity contribution in [2.45, 2.75) is 19.4 Å². The van der Waals surface area contributed by atoms with E-state index in [1.807, 2.05) is 35.8 Å². The molecule has 7 heteroatoms. The van der Waals surface area contributed by atoms with Crippen molar-refractivity contribution in [1.29, 1.82) is 0 Å². The van der Waals surface area contributed by atoms with Crippen LogP contribution in [0.5, 0.6) is 0 Å². The molecule has 2 atom stereocenters. The summed E-state index contributed by atoms with van der Waals surface area (Å²) in [6, 6.07) is 7.26. The van der Waals surface area contributed by atoms with Gasteiger partial charge in [-0.2, -0.15) is 0 Å². The minimum atomic E-state index is -2.90. The second kappa shape index (κ2) is 5.72. The summed E-state index contributed by atoms with van der Waals surface area (Å²) in [5.74, 6) is 0.318. The van der Waals surface area contributed by atoms with Crippen LogP contribution in [0.25, 0.3) is 11.0 Å². The molecule has 1 saturated heterocycles. The first-order valence-corrected chi connectivity index (χ1v) is 9.18.